The highest BCUT2D eigenvalue weighted by molar-refractivity contribution is 5.96. The van der Waals surface area contributed by atoms with E-state index in [0.717, 1.165) is 5.56 Å². The molecule has 2 heteroatoms. The van der Waals surface area contributed by atoms with E-state index in [1.54, 1.807) is 19.1 Å². The molecule has 1 rings (SSSR count). The molecule has 0 radical (unpaired) electrons. The largest absolute Gasteiger partial charge is 0.294 e. The van der Waals surface area contributed by atoms with Crippen LogP contribution in [0, 0.1) is 6.92 Å². The van der Waals surface area contributed by atoms with Crippen LogP contribution in [0.1, 0.15) is 35.7 Å². The number of halogens is 1. The lowest BCUT2D eigenvalue weighted by Crippen LogP contribution is -2.08. The van der Waals surface area contributed by atoms with Crippen molar-refractivity contribution in [2.45, 2.75) is 32.9 Å². The Labute approximate surface area is 83.9 Å². The summed E-state index contributed by atoms with van der Waals surface area (Å²) in [4.78, 5) is 11.5. The van der Waals surface area contributed by atoms with Crippen LogP contribution < -0.4 is 0 Å². The van der Waals surface area contributed by atoms with Crippen molar-refractivity contribution in [3.63, 3.8) is 0 Å². The van der Waals surface area contributed by atoms with Crippen molar-refractivity contribution in [2.24, 2.45) is 0 Å². The molecule has 1 aromatic rings. The van der Waals surface area contributed by atoms with E-state index in [1.807, 2.05) is 19.1 Å². The molecule has 0 aliphatic heterocycles. The Morgan fingerprint density at radius 1 is 1.36 bits per heavy atom. The first-order valence-corrected chi connectivity index (χ1v) is 4.87. The molecule has 0 aromatic heterocycles. The van der Waals surface area contributed by atoms with Gasteiger partial charge in [-0.3, -0.25) is 4.79 Å². The number of hydrogen-bond donors (Lipinski definition) is 0. The van der Waals surface area contributed by atoms with Crippen molar-refractivity contribution < 1.29 is 9.18 Å². The zero-order valence-corrected chi connectivity index (χ0v) is 8.59. The van der Waals surface area contributed by atoms with Gasteiger partial charge < -0.3 is 0 Å². The van der Waals surface area contributed by atoms with E-state index in [1.165, 1.54) is 0 Å². The van der Waals surface area contributed by atoms with Gasteiger partial charge in [0.1, 0.15) is 6.17 Å². The molecular weight excluding hydrogens is 179 g/mol. The molecule has 0 amide bonds. The fraction of sp³-hybridized carbons (Fsp3) is 0.417. The Kier molecular flexibility index (Phi) is 3.81. The van der Waals surface area contributed by atoms with E-state index in [9.17, 15) is 9.18 Å². The van der Waals surface area contributed by atoms with E-state index in [0.29, 0.717) is 12.0 Å². The van der Waals surface area contributed by atoms with Crippen LogP contribution in [-0.4, -0.2) is 12.0 Å². The Balaban J connectivity index is 2.65. The standard InChI is InChI=1S/C12H15FO/c1-3-11(13)8-12(14)10-6-4-9(2)5-7-10/h4-7,11H,3,8H2,1-2H3. The van der Waals surface area contributed by atoms with Crippen molar-refractivity contribution in [3.8, 4) is 0 Å². The quantitative estimate of drug-likeness (QED) is 0.672. The van der Waals surface area contributed by atoms with Gasteiger partial charge in [-0.15, -0.1) is 0 Å². The van der Waals surface area contributed by atoms with Gasteiger partial charge in [0.25, 0.3) is 0 Å². The molecule has 1 aromatic carbocycles. The van der Waals surface area contributed by atoms with E-state index in [2.05, 4.69) is 0 Å². The summed E-state index contributed by atoms with van der Waals surface area (Å²) in [6.07, 6.45) is -0.610. The van der Waals surface area contributed by atoms with Gasteiger partial charge in [-0.1, -0.05) is 36.8 Å². The molecule has 0 spiro atoms. The number of hydrogen-bond acceptors (Lipinski definition) is 1. The highest BCUT2D eigenvalue weighted by Crippen LogP contribution is 2.10. The third-order valence-corrected chi connectivity index (χ3v) is 2.22. The van der Waals surface area contributed by atoms with Crippen molar-refractivity contribution in [1.82, 2.24) is 0 Å². The van der Waals surface area contributed by atoms with Gasteiger partial charge in [0.05, 0.1) is 0 Å². The van der Waals surface area contributed by atoms with E-state index in [-0.39, 0.29) is 12.2 Å². The Bertz CT molecular complexity index is 303. The summed E-state index contributed by atoms with van der Waals surface area (Å²) < 4.78 is 12.9. The first-order valence-electron chi connectivity index (χ1n) is 4.87. The third-order valence-electron chi connectivity index (χ3n) is 2.22. The highest BCUT2D eigenvalue weighted by Gasteiger charge is 2.11. The number of ketones is 1. The minimum Gasteiger partial charge on any atom is -0.294 e. The van der Waals surface area contributed by atoms with Gasteiger partial charge in [0.2, 0.25) is 0 Å². The lowest BCUT2D eigenvalue weighted by atomic mass is 10.0. The maximum absolute atomic E-state index is 12.9. The maximum Gasteiger partial charge on any atom is 0.165 e. The normalized spacial score (nSPS) is 12.5. The predicted molar refractivity (Wildman–Crippen MR) is 55.3 cm³/mol. The summed E-state index contributed by atoms with van der Waals surface area (Å²) in [5.74, 6) is -0.112. The summed E-state index contributed by atoms with van der Waals surface area (Å²) >= 11 is 0. The number of carbonyl (C=O) groups excluding carboxylic acids is 1. The molecule has 1 nitrogen and oxygen atoms in total. The second kappa shape index (κ2) is 4.89. The topological polar surface area (TPSA) is 17.1 Å². The minimum atomic E-state index is -1.01. The number of benzene rings is 1. The minimum absolute atomic E-state index is 0.000436. The molecule has 14 heavy (non-hydrogen) atoms. The molecule has 0 aliphatic rings. The van der Waals surface area contributed by atoms with Crippen LogP contribution in [0.3, 0.4) is 0 Å². The second-order valence-corrected chi connectivity index (χ2v) is 3.50. The van der Waals surface area contributed by atoms with Gasteiger partial charge in [-0.25, -0.2) is 4.39 Å². The molecule has 0 fully saturated rings. The highest BCUT2D eigenvalue weighted by atomic mass is 19.1. The first kappa shape index (κ1) is 10.9. The van der Waals surface area contributed by atoms with Crippen LogP contribution >= 0.6 is 0 Å². The average Bonchev–Trinajstić information content (AvgIpc) is 2.18. The van der Waals surface area contributed by atoms with E-state index < -0.39 is 6.17 Å². The first-order chi connectivity index (χ1) is 6.63. The van der Waals surface area contributed by atoms with Gasteiger partial charge >= 0.3 is 0 Å². The Hall–Kier alpha value is -1.18. The van der Waals surface area contributed by atoms with E-state index in [4.69, 9.17) is 0 Å². The van der Waals surface area contributed by atoms with Crippen LogP contribution in [0.25, 0.3) is 0 Å². The summed E-state index contributed by atoms with van der Waals surface area (Å²) in [6, 6.07) is 7.24. The van der Waals surface area contributed by atoms with Gasteiger partial charge in [-0.2, -0.15) is 0 Å². The summed E-state index contributed by atoms with van der Waals surface area (Å²) in [5.41, 5.74) is 1.71. The third kappa shape index (κ3) is 2.95. The summed E-state index contributed by atoms with van der Waals surface area (Å²) in [5, 5.41) is 0. The lowest BCUT2D eigenvalue weighted by Gasteiger charge is -2.04. The zero-order chi connectivity index (χ0) is 10.6. The Morgan fingerprint density at radius 2 is 1.93 bits per heavy atom. The molecule has 0 bridgehead atoms. The van der Waals surface area contributed by atoms with Gasteiger partial charge in [0, 0.05) is 12.0 Å². The molecule has 0 saturated heterocycles. The fourth-order valence-electron chi connectivity index (χ4n) is 1.20. The Morgan fingerprint density at radius 3 is 2.43 bits per heavy atom. The SMILES string of the molecule is CCC(F)CC(=O)c1ccc(C)cc1. The van der Waals surface area contributed by atoms with Gasteiger partial charge in [0.15, 0.2) is 5.78 Å². The number of Topliss-reactive ketones (excluding diaryl/α,β-unsaturated/α-hetero) is 1. The monoisotopic (exact) mass is 194 g/mol. The van der Waals surface area contributed by atoms with Crippen LogP contribution in [0.4, 0.5) is 4.39 Å². The van der Waals surface area contributed by atoms with Crippen LogP contribution in [0.5, 0.6) is 0 Å². The molecule has 1 unspecified atom stereocenters. The average molecular weight is 194 g/mol. The van der Waals surface area contributed by atoms with Crippen LogP contribution in [-0.2, 0) is 0 Å². The summed E-state index contributed by atoms with van der Waals surface area (Å²) in [7, 11) is 0. The van der Waals surface area contributed by atoms with Crippen molar-refractivity contribution in [2.75, 3.05) is 0 Å². The van der Waals surface area contributed by atoms with Crippen LogP contribution in [0.2, 0.25) is 0 Å². The molecule has 1 atom stereocenters. The number of carbonyl (C=O) groups is 1. The molecule has 76 valence electrons. The van der Waals surface area contributed by atoms with Crippen molar-refractivity contribution >= 4 is 5.78 Å². The summed E-state index contributed by atoms with van der Waals surface area (Å²) in [6.45, 7) is 3.70. The van der Waals surface area contributed by atoms with Crippen molar-refractivity contribution in [3.05, 3.63) is 35.4 Å². The number of aryl methyl sites for hydroxylation is 1. The van der Waals surface area contributed by atoms with Crippen LogP contribution in [0.15, 0.2) is 24.3 Å². The zero-order valence-electron chi connectivity index (χ0n) is 8.59. The second-order valence-electron chi connectivity index (χ2n) is 3.50. The van der Waals surface area contributed by atoms with Crippen molar-refractivity contribution in [1.29, 1.82) is 0 Å². The molecule has 0 N–H and O–H groups in total. The number of rotatable bonds is 4. The predicted octanol–water partition coefficient (Wildman–Crippen LogP) is 3.32. The maximum atomic E-state index is 12.9. The smallest absolute Gasteiger partial charge is 0.165 e. The lowest BCUT2D eigenvalue weighted by molar-refractivity contribution is 0.0945. The molecule has 0 saturated carbocycles. The fourth-order valence-corrected chi connectivity index (χ4v) is 1.20. The molecule has 0 aliphatic carbocycles. The number of alkyl halides is 1. The van der Waals surface area contributed by atoms with Gasteiger partial charge in [-0.05, 0) is 13.3 Å². The molecular formula is C12H15FO. The van der Waals surface area contributed by atoms with E-state index >= 15 is 0 Å². The molecule has 0 heterocycles.